The smallest absolute Gasteiger partial charge is 0.253 e. The second kappa shape index (κ2) is 8.70. The number of pyridine rings is 1. The van der Waals surface area contributed by atoms with Crippen LogP contribution < -0.4 is 16.1 Å². The van der Waals surface area contributed by atoms with E-state index in [-0.39, 0.29) is 12.6 Å². The van der Waals surface area contributed by atoms with Crippen LogP contribution in [0.15, 0.2) is 24.4 Å². The Hall–Kier alpha value is -2.52. The highest BCUT2D eigenvalue weighted by molar-refractivity contribution is 5.41. The van der Waals surface area contributed by atoms with E-state index in [4.69, 9.17) is 10.3 Å². The van der Waals surface area contributed by atoms with E-state index >= 15 is 0 Å². The number of nitrogens with zero attached hydrogens (tertiary/aromatic N) is 4. The van der Waals surface area contributed by atoms with E-state index in [1.165, 1.54) is 0 Å². The van der Waals surface area contributed by atoms with Crippen molar-refractivity contribution < 1.29 is 10.3 Å². The van der Waals surface area contributed by atoms with Crippen molar-refractivity contribution in [3.63, 3.8) is 0 Å². The fraction of sp³-hybridized carbons (Fsp3) is 0.385. The molecule has 0 aliphatic carbocycles. The minimum atomic E-state index is 0.0434. The molecule has 9 heteroatoms. The van der Waals surface area contributed by atoms with E-state index in [2.05, 4.69) is 30.6 Å². The van der Waals surface area contributed by atoms with Gasteiger partial charge < -0.3 is 15.7 Å². The lowest BCUT2D eigenvalue weighted by atomic mass is 10.3. The molecule has 2 heterocycles. The van der Waals surface area contributed by atoms with Gasteiger partial charge in [0.05, 0.1) is 0 Å². The van der Waals surface area contributed by atoms with Gasteiger partial charge in [0, 0.05) is 38.0 Å². The zero-order valence-electron chi connectivity index (χ0n) is 12.0. The SMILES string of the molecule is OCCCNc1nc(NO)nc(NCCc2ccccn2)n1. The van der Waals surface area contributed by atoms with Gasteiger partial charge in [-0.25, -0.2) is 5.48 Å². The van der Waals surface area contributed by atoms with Crippen molar-refractivity contribution in [3.8, 4) is 0 Å². The molecule has 9 nitrogen and oxygen atoms in total. The third kappa shape index (κ3) is 5.11. The van der Waals surface area contributed by atoms with Gasteiger partial charge in [-0.1, -0.05) is 6.07 Å². The van der Waals surface area contributed by atoms with Gasteiger partial charge in [0.2, 0.25) is 11.9 Å². The summed E-state index contributed by atoms with van der Waals surface area (Å²) in [5, 5.41) is 23.7. The maximum Gasteiger partial charge on any atom is 0.253 e. The molecule has 0 fully saturated rings. The Kier molecular flexibility index (Phi) is 6.27. The van der Waals surface area contributed by atoms with Crippen molar-refractivity contribution in [2.24, 2.45) is 0 Å². The molecule has 0 unspecified atom stereocenters. The lowest BCUT2D eigenvalue weighted by Crippen LogP contribution is -2.14. The van der Waals surface area contributed by atoms with Crippen LogP contribution in [-0.2, 0) is 6.42 Å². The van der Waals surface area contributed by atoms with Crippen LogP contribution >= 0.6 is 0 Å². The summed E-state index contributed by atoms with van der Waals surface area (Å²) in [5.41, 5.74) is 2.87. The molecular formula is C13H19N7O2. The van der Waals surface area contributed by atoms with E-state index in [0.29, 0.717) is 31.4 Å². The number of nitrogens with one attached hydrogen (secondary N) is 3. The molecule has 0 aromatic carbocycles. The Labute approximate surface area is 127 Å². The minimum absolute atomic E-state index is 0.0434. The van der Waals surface area contributed by atoms with Crippen molar-refractivity contribution in [2.45, 2.75) is 12.8 Å². The number of anilines is 3. The quantitative estimate of drug-likeness (QED) is 0.332. The molecule has 0 aliphatic heterocycles. The van der Waals surface area contributed by atoms with Gasteiger partial charge in [0.25, 0.3) is 5.95 Å². The maximum absolute atomic E-state index is 8.95. The molecule has 2 aromatic heterocycles. The summed E-state index contributed by atoms with van der Waals surface area (Å²) in [6, 6.07) is 5.74. The third-order valence-corrected chi connectivity index (χ3v) is 2.74. The van der Waals surface area contributed by atoms with Crippen molar-refractivity contribution in [1.82, 2.24) is 19.9 Å². The Morgan fingerprint density at radius 1 is 0.955 bits per heavy atom. The van der Waals surface area contributed by atoms with E-state index < -0.39 is 0 Å². The highest BCUT2D eigenvalue weighted by Gasteiger charge is 2.05. The van der Waals surface area contributed by atoms with Crippen LogP contribution in [0, 0.1) is 0 Å². The minimum Gasteiger partial charge on any atom is -0.396 e. The Balaban J connectivity index is 1.92. The summed E-state index contributed by atoms with van der Waals surface area (Å²) in [5.74, 6) is 0.705. The lowest BCUT2D eigenvalue weighted by molar-refractivity contribution is 0.292. The Morgan fingerprint density at radius 2 is 1.68 bits per heavy atom. The molecule has 0 bridgehead atoms. The summed E-state index contributed by atoms with van der Waals surface area (Å²) < 4.78 is 0. The molecule has 0 saturated carbocycles. The first-order valence-electron chi connectivity index (χ1n) is 6.96. The number of aromatic nitrogens is 4. The first kappa shape index (κ1) is 15.9. The summed E-state index contributed by atoms with van der Waals surface area (Å²) in [4.78, 5) is 16.4. The monoisotopic (exact) mass is 305 g/mol. The summed E-state index contributed by atoms with van der Waals surface area (Å²) in [6.45, 7) is 1.21. The number of hydrogen-bond donors (Lipinski definition) is 5. The number of rotatable bonds is 9. The summed E-state index contributed by atoms with van der Waals surface area (Å²) >= 11 is 0. The molecular weight excluding hydrogens is 286 g/mol. The van der Waals surface area contributed by atoms with Crippen molar-refractivity contribution >= 4 is 17.8 Å². The first-order valence-corrected chi connectivity index (χ1v) is 6.96. The van der Waals surface area contributed by atoms with Crippen LogP contribution in [0.2, 0.25) is 0 Å². The number of aliphatic hydroxyl groups excluding tert-OH is 1. The van der Waals surface area contributed by atoms with E-state index in [1.54, 1.807) is 6.20 Å². The van der Waals surface area contributed by atoms with Gasteiger partial charge in [-0.3, -0.25) is 10.2 Å². The van der Waals surface area contributed by atoms with Crippen LogP contribution in [0.5, 0.6) is 0 Å². The van der Waals surface area contributed by atoms with Crippen molar-refractivity contribution in [1.29, 1.82) is 0 Å². The standard InChI is InChI=1S/C13H19N7O2/c21-9-3-7-15-11-17-12(19-13(18-11)20-22)16-8-5-10-4-1-2-6-14-10/h1-2,4,6,21-22H,3,5,7-9H2,(H3,15,16,17,18,19,20). The normalized spacial score (nSPS) is 10.3. The van der Waals surface area contributed by atoms with Gasteiger partial charge in [-0.05, 0) is 18.6 Å². The molecule has 0 saturated heterocycles. The third-order valence-electron chi connectivity index (χ3n) is 2.74. The highest BCUT2D eigenvalue weighted by Crippen LogP contribution is 2.09. The molecule has 118 valence electrons. The average molecular weight is 305 g/mol. The van der Waals surface area contributed by atoms with Crippen LogP contribution in [0.1, 0.15) is 12.1 Å². The summed E-state index contributed by atoms with van der Waals surface area (Å²) in [7, 11) is 0. The average Bonchev–Trinajstić information content (AvgIpc) is 2.56. The zero-order chi connectivity index (χ0) is 15.6. The van der Waals surface area contributed by atoms with E-state index in [0.717, 1.165) is 12.1 Å². The molecule has 2 aromatic rings. The molecule has 0 amide bonds. The largest absolute Gasteiger partial charge is 0.396 e. The fourth-order valence-corrected chi connectivity index (χ4v) is 1.71. The fourth-order valence-electron chi connectivity index (χ4n) is 1.71. The van der Waals surface area contributed by atoms with Crippen LogP contribution in [0.25, 0.3) is 0 Å². The van der Waals surface area contributed by atoms with Crippen molar-refractivity contribution in [3.05, 3.63) is 30.1 Å². The Morgan fingerprint density at radius 3 is 2.32 bits per heavy atom. The number of aliphatic hydroxyl groups is 1. The van der Waals surface area contributed by atoms with Gasteiger partial charge in [0.1, 0.15) is 0 Å². The van der Waals surface area contributed by atoms with Gasteiger partial charge in [-0.2, -0.15) is 15.0 Å². The van der Waals surface area contributed by atoms with Crippen LogP contribution in [0.4, 0.5) is 17.8 Å². The van der Waals surface area contributed by atoms with Gasteiger partial charge in [0.15, 0.2) is 0 Å². The van der Waals surface area contributed by atoms with Crippen LogP contribution in [0.3, 0.4) is 0 Å². The van der Waals surface area contributed by atoms with Gasteiger partial charge in [-0.15, -0.1) is 0 Å². The molecule has 0 spiro atoms. The molecule has 0 atom stereocenters. The van der Waals surface area contributed by atoms with Crippen LogP contribution in [-0.4, -0.2) is 49.9 Å². The predicted molar refractivity (Wildman–Crippen MR) is 81.9 cm³/mol. The Bertz CT molecular complexity index is 568. The second-order valence-corrected chi connectivity index (χ2v) is 4.42. The second-order valence-electron chi connectivity index (χ2n) is 4.42. The summed E-state index contributed by atoms with van der Waals surface area (Å²) in [6.07, 6.45) is 3.05. The van der Waals surface area contributed by atoms with E-state index in [9.17, 15) is 0 Å². The molecule has 2 rings (SSSR count). The van der Waals surface area contributed by atoms with E-state index in [1.807, 2.05) is 23.7 Å². The maximum atomic E-state index is 8.95. The lowest BCUT2D eigenvalue weighted by Gasteiger charge is -2.09. The molecule has 0 aliphatic rings. The molecule has 22 heavy (non-hydrogen) atoms. The first-order chi connectivity index (χ1) is 10.8. The topological polar surface area (TPSA) is 128 Å². The molecule has 0 radical (unpaired) electrons. The highest BCUT2D eigenvalue weighted by atomic mass is 16.5. The van der Waals surface area contributed by atoms with Crippen molar-refractivity contribution in [2.75, 3.05) is 35.8 Å². The number of hydrogen-bond acceptors (Lipinski definition) is 9. The zero-order valence-corrected chi connectivity index (χ0v) is 12.0. The predicted octanol–water partition coefficient (Wildman–Crippen LogP) is 0.517. The van der Waals surface area contributed by atoms with Gasteiger partial charge >= 0.3 is 0 Å². The molecule has 5 N–H and O–H groups in total.